The zero-order chi connectivity index (χ0) is 16.1. The van der Waals surface area contributed by atoms with Gasteiger partial charge in [0.25, 0.3) is 0 Å². The quantitative estimate of drug-likeness (QED) is 0.803. The minimum absolute atomic E-state index is 0. The average Bonchev–Trinajstić information content (AvgIpc) is 3.19. The molecule has 1 aliphatic rings. The lowest BCUT2D eigenvalue weighted by Crippen LogP contribution is -2.31. The smallest absolute Gasteiger partial charge is 0.220 e. The second-order valence-corrected chi connectivity index (χ2v) is 6.34. The summed E-state index contributed by atoms with van der Waals surface area (Å²) in [7, 11) is 0. The van der Waals surface area contributed by atoms with Crippen molar-refractivity contribution in [2.24, 2.45) is 11.7 Å². The van der Waals surface area contributed by atoms with E-state index in [1.54, 1.807) is 12.5 Å². The Balaban J connectivity index is 0.00000156. The number of benzene rings is 1. The molecule has 1 aromatic heterocycles. The van der Waals surface area contributed by atoms with Crippen LogP contribution in [0.2, 0.25) is 0 Å². The van der Waals surface area contributed by atoms with Gasteiger partial charge >= 0.3 is 0 Å². The number of carbonyl (C=O) groups is 1. The Morgan fingerprint density at radius 1 is 1.24 bits per heavy atom. The lowest BCUT2D eigenvalue weighted by molar-refractivity contribution is -0.122. The Hall–Kier alpha value is -1.56. The molecule has 138 valence electrons. The summed E-state index contributed by atoms with van der Waals surface area (Å²) in [5.41, 5.74) is 8.39. The van der Waals surface area contributed by atoms with Gasteiger partial charge in [-0.2, -0.15) is 0 Å². The first-order valence-corrected chi connectivity index (χ1v) is 8.27. The van der Waals surface area contributed by atoms with Gasteiger partial charge in [-0.3, -0.25) is 4.79 Å². The van der Waals surface area contributed by atoms with Crippen LogP contribution in [0.15, 0.2) is 43.0 Å². The number of hydrogen-bond acceptors (Lipinski definition) is 3. The molecular formula is C18H26Cl2N4O. The number of rotatable bonds is 6. The summed E-state index contributed by atoms with van der Waals surface area (Å²) in [6.45, 7) is 1.32. The van der Waals surface area contributed by atoms with Gasteiger partial charge in [0.2, 0.25) is 5.91 Å². The first kappa shape index (κ1) is 21.5. The Morgan fingerprint density at radius 2 is 2.00 bits per heavy atom. The summed E-state index contributed by atoms with van der Waals surface area (Å²) in [5.74, 6) is 0.445. The first-order valence-electron chi connectivity index (χ1n) is 8.27. The van der Waals surface area contributed by atoms with E-state index in [4.69, 9.17) is 5.73 Å². The van der Waals surface area contributed by atoms with Crippen molar-refractivity contribution >= 4 is 30.7 Å². The molecule has 3 rings (SSSR count). The molecule has 0 unspecified atom stereocenters. The topological polar surface area (TPSA) is 72.9 Å². The van der Waals surface area contributed by atoms with E-state index >= 15 is 0 Å². The number of imidazole rings is 1. The molecule has 0 spiro atoms. The molecule has 1 aromatic carbocycles. The summed E-state index contributed by atoms with van der Waals surface area (Å²) >= 11 is 0. The molecule has 1 heterocycles. The summed E-state index contributed by atoms with van der Waals surface area (Å²) in [6.07, 6.45) is 9.33. The van der Waals surface area contributed by atoms with Crippen LogP contribution in [-0.4, -0.2) is 21.5 Å². The number of nitrogens with two attached hydrogens (primary N) is 1. The molecular weight excluding hydrogens is 359 g/mol. The second kappa shape index (κ2) is 10.4. The molecule has 3 N–H and O–H groups in total. The molecule has 7 heteroatoms. The van der Waals surface area contributed by atoms with Crippen LogP contribution in [0.25, 0.3) is 0 Å². The zero-order valence-electron chi connectivity index (χ0n) is 14.1. The number of nitrogens with zero attached hydrogens (tertiary/aromatic N) is 2. The Labute approximate surface area is 161 Å². The van der Waals surface area contributed by atoms with E-state index in [2.05, 4.69) is 22.4 Å². The highest BCUT2D eigenvalue weighted by molar-refractivity contribution is 5.85. The molecule has 1 fully saturated rings. The number of nitrogens with one attached hydrogen (secondary N) is 1. The van der Waals surface area contributed by atoms with Crippen LogP contribution in [0.3, 0.4) is 0 Å². The van der Waals surface area contributed by atoms with Crippen LogP contribution in [0, 0.1) is 5.92 Å². The van der Waals surface area contributed by atoms with Gasteiger partial charge < -0.3 is 15.6 Å². The highest BCUT2D eigenvalue weighted by Gasteiger charge is 2.25. The average molecular weight is 385 g/mol. The summed E-state index contributed by atoms with van der Waals surface area (Å²) in [4.78, 5) is 16.2. The summed E-state index contributed by atoms with van der Waals surface area (Å²) in [6, 6.07) is 8.37. The fourth-order valence-electron chi connectivity index (χ4n) is 3.28. The monoisotopic (exact) mass is 384 g/mol. The lowest BCUT2D eigenvalue weighted by atomic mass is 10.00. The van der Waals surface area contributed by atoms with Crippen LogP contribution in [-0.2, 0) is 17.9 Å². The van der Waals surface area contributed by atoms with E-state index in [1.807, 2.05) is 22.9 Å². The maximum Gasteiger partial charge on any atom is 0.220 e. The molecule has 0 bridgehead atoms. The van der Waals surface area contributed by atoms with Crippen molar-refractivity contribution in [3.63, 3.8) is 0 Å². The van der Waals surface area contributed by atoms with Gasteiger partial charge in [-0.1, -0.05) is 30.7 Å². The molecule has 0 saturated heterocycles. The first-order chi connectivity index (χ1) is 11.2. The van der Waals surface area contributed by atoms with Crippen LogP contribution in [0.5, 0.6) is 0 Å². The van der Waals surface area contributed by atoms with E-state index in [0.29, 0.717) is 18.9 Å². The van der Waals surface area contributed by atoms with Gasteiger partial charge in [0.15, 0.2) is 0 Å². The second-order valence-electron chi connectivity index (χ2n) is 6.34. The minimum Gasteiger partial charge on any atom is -0.352 e. The highest BCUT2D eigenvalue weighted by atomic mass is 35.5. The molecule has 1 saturated carbocycles. The maximum atomic E-state index is 12.2. The van der Waals surface area contributed by atoms with Gasteiger partial charge in [0.1, 0.15) is 0 Å². The van der Waals surface area contributed by atoms with Crippen molar-refractivity contribution in [2.45, 2.75) is 44.8 Å². The van der Waals surface area contributed by atoms with Crippen molar-refractivity contribution < 1.29 is 4.79 Å². The standard InChI is InChI=1S/C18H24N4O.2ClH/c19-17-7-3-6-14(17)10-18(23)21-11-15-4-1-2-5-16(15)12-22-9-8-20-13-22;;/h1-2,4-5,8-9,13-14,17H,3,6-7,10-12,19H2,(H,21,23);2*1H/t14-,17+;;/m0../s1. The molecule has 25 heavy (non-hydrogen) atoms. The van der Waals surface area contributed by atoms with Gasteiger partial charge in [-0.05, 0) is 29.9 Å². The molecule has 1 aliphatic carbocycles. The van der Waals surface area contributed by atoms with Gasteiger partial charge in [0, 0.05) is 37.9 Å². The van der Waals surface area contributed by atoms with Crippen LogP contribution in [0.1, 0.15) is 36.8 Å². The zero-order valence-corrected chi connectivity index (χ0v) is 15.8. The van der Waals surface area contributed by atoms with E-state index in [0.717, 1.165) is 31.4 Å². The Kier molecular flexibility index (Phi) is 8.97. The van der Waals surface area contributed by atoms with Gasteiger partial charge in [-0.15, -0.1) is 24.8 Å². The minimum atomic E-state index is 0. The number of amides is 1. The van der Waals surface area contributed by atoms with Gasteiger partial charge in [0.05, 0.1) is 6.33 Å². The van der Waals surface area contributed by atoms with E-state index < -0.39 is 0 Å². The summed E-state index contributed by atoms with van der Waals surface area (Å²) < 4.78 is 2.03. The number of hydrogen-bond donors (Lipinski definition) is 2. The Bertz CT molecular complexity index is 648. The van der Waals surface area contributed by atoms with Crippen molar-refractivity contribution in [2.75, 3.05) is 0 Å². The largest absolute Gasteiger partial charge is 0.352 e. The summed E-state index contributed by atoms with van der Waals surface area (Å²) in [5, 5.41) is 3.05. The van der Waals surface area contributed by atoms with E-state index in [9.17, 15) is 4.79 Å². The van der Waals surface area contributed by atoms with Crippen LogP contribution in [0.4, 0.5) is 0 Å². The normalized spacial score (nSPS) is 18.9. The third-order valence-corrected chi connectivity index (χ3v) is 4.67. The highest BCUT2D eigenvalue weighted by Crippen LogP contribution is 2.26. The van der Waals surface area contributed by atoms with E-state index in [-0.39, 0.29) is 36.8 Å². The maximum absolute atomic E-state index is 12.2. The van der Waals surface area contributed by atoms with E-state index in [1.165, 1.54) is 5.56 Å². The molecule has 1 amide bonds. The van der Waals surface area contributed by atoms with Crippen molar-refractivity contribution in [1.82, 2.24) is 14.9 Å². The molecule has 0 radical (unpaired) electrons. The number of halogens is 2. The van der Waals surface area contributed by atoms with Gasteiger partial charge in [-0.25, -0.2) is 4.98 Å². The molecule has 5 nitrogen and oxygen atoms in total. The number of aromatic nitrogens is 2. The molecule has 2 atom stereocenters. The lowest BCUT2D eigenvalue weighted by Gasteiger charge is -2.15. The van der Waals surface area contributed by atoms with Crippen molar-refractivity contribution in [3.05, 3.63) is 54.1 Å². The fourth-order valence-corrected chi connectivity index (χ4v) is 3.28. The fraction of sp³-hybridized carbons (Fsp3) is 0.444. The number of carbonyl (C=O) groups excluding carboxylic acids is 1. The third kappa shape index (κ3) is 6.03. The molecule has 0 aliphatic heterocycles. The predicted octanol–water partition coefficient (Wildman–Crippen LogP) is 2.91. The van der Waals surface area contributed by atoms with Crippen LogP contribution >= 0.6 is 24.8 Å². The Morgan fingerprint density at radius 3 is 2.64 bits per heavy atom. The molecule has 2 aromatic rings. The predicted molar refractivity (Wildman–Crippen MR) is 104 cm³/mol. The van der Waals surface area contributed by atoms with Crippen molar-refractivity contribution in [3.8, 4) is 0 Å². The third-order valence-electron chi connectivity index (χ3n) is 4.67. The van der Waals surface area contributed by atoms with Crippen molar-refractivity contribution in [1.29, 1.82) is 0 Å². The SMILES string of the molecule is Cl.Cl.N[C@@H]1CCC[C@H]1CC(=O)NCc1ccccc1Cn1ccnc1. The van der Waals surface area contributed by atoms with Crippen LogP contribution < -0.4 is 11.1 Å².